The first kappa shape index (κ1) is 20.3. The van der Waals surface area contributed by atoms with Crippen LogP contribution >= 0.6 is 0 Å². The summed E-state index contributed by atoms with van der Waals surface area (Å²) in [4.78, 5) is 0. The molecule has 7 heteroatoms. The first-order valence-electron chi connectivity index (χ1n) is 7.95. The molecule has 0 aromatic rings. The molecule has 1 aliphatic heterocycles. The highest BCUT2D eigenvalue weighted by Gasteiger charge is 2.20. The maximum Gasteiger partial charge on any atom is 0.673 e. The van der Waals surface area contributed by atoms with Crippen molar-refractivity contribution in [2.75, 3.05) is 13.1 Å². The summed E-state index contributed by atoms with van der Waals surface area (Å²) >= 11 is 0. The van der Waals surface area contributed by atoms with Crippen LogP contribution in [0, 0.1) is 0 Å². The fourth-order valence-corrected chi connectivity index (χ4v) is 2.26. The van der Waals surface area contributed by atoms with Crippen LogP contribution in [0.4, 0.5) is 17.3 Å². The normalized spacial score (nSPS) is 11.9. The van der Waals surface area contributed by atoms with Crippen molar-refractivity contribution < 1.29 is 21.7 Å². The Morgan fingerprint density at radius 3 is 1.92 bits per heavy atom. The van der Waals surface area contributed by atoms with Gasteiger partial charge >= 0.3 is 7.25 Å². The van der Waals surface area contributed by atoms with Crippen LogP contribution in [0.25, 0.3) is 11.3 Å². The van der Waals surface area contributed by atoms with Crippen molar-refractivity contribution in [3.8, 4) is 11.3 Å². The highest BCUT2D eigenvalue weighted by atomic mass is 19.5. The zero-order valence-electron chi connectivity index (χ0n) is 14.7. The van der Waals surface area contributed by atoms with E-state index in [-0.39, 0.29) is 5.41 Å². The van der Waals surface area contributed by atoms with Gasteiger partial charge < -0.3 is 21.7 Å². The van der Waals surface area contributed by atoms with Crippen LogP contribution in [0.15, 0.2) is 34.7 Å². The lowest BCUT2D eigenvalue weighted by Crippen LogP contribution is -2.29. The molecule has 0 amide bonds. The Hall–Kier alpha value is -1.79. The number of halogens is 4. The molecule has 0 spiro atoms. The van der Waals surface area contributed by atoms with Gasteiger partial charge in [0.15, 0.2) is 0 Å². The third-order valence-electron chi connectivity index (χ3n) is 3.50. The van der Waals surface area contributed by atoms with Crippen LogP contribution in [0.1, 0.15) is 40.4 Å². The predicted octanol–water partition coefficient (Wildman–Crippen LogP) is 4.79. The second kappa shape index (κ2) is 7.86. The molecule has 0 aromatic carbocycles. The van der Waals surface area contributed by atoms with Crippen LogP contribution in [0.5, 0.6) is 0 Å². The lowest BCUT2D eigenvalue weighted by molar-refractivity contribution is 0.368. The molecule has 0 radical (unpaired) electrons. The molecular weight excluding hydrogens is 321 g/mol. The first-order chi connectivity index (χ1) is 11.0. The van der Waals surface area contributed by atoms with Crippen molar-refractivity contribution in [3.63, 3.8) is 0 Å². The molecule has 0 bridgehead atoms. The van der Waals surface area contributed by atoms with E-state index < -0.39 is 7.25 Å². The van der Waals surface area contributed by atoms with Gasteiger partial charge in [0, 0.05) is 17.0 Å². The van der Waals surface area contributed by atoms with Crippen molar-refractivity contribution in [3.05, 3.63) is 41.4 Å². The predicted molar refractivity (Wildman–Crippen MR) is 90.6 cm³/mol. The summed E-state index contributed by atoms with van der Waals surface area (Å²) in [6, 6.07) is 10.7. The van der Waals surface area contributed by atoms with Crippen molar-refractivity contribution in [2.45, 2.75) is 40.0 Å². The zero-order valence-corrected chi connectivity index (χ0v) is 14.7. The topological polar surface area (TPSA) is 16.1 Å². The molecule has 24 heavy (non-hydrogen) atoms. The number of benzene rings is 1. The van der Waals surface area contributed by atoms with Crippen LogP contribution in [0.2, 0.25) is 0 Å². The van der Waals surface area contributed by atoms with Crippen LogP contribution in [0.3, 0.4) is 0 Å². The summed E-state index contributed by atoms with van der Waals surface area (Å²) < 4.78 is 47.4. The van der Waals surface area contributed by atoms with E-state index in [0.717, 1.165) is 30.2 Å². The van der Waals surface area contributed by atoms with E-state index in [9.17, 15) is 17.3 Å². The van der Waals surface area contributed by atoms with Gasteiger partial charge in [-0.3, -0.25) is 0 Å². The van der Waals surface area contributed by atoms with Crippen LogP contribution in [-0.4, -0.2) is 20.3 Å². The minimum absolute atomic E-state index is 0.0411. The molecule has 0 fully saturated rings. The molecule has 1 aliphatic carbocycles. The molecule has 2 rings (SSSR count). The molecular formula is C17H24BF4NO. The lowest BCUT2D eigenvalue weighted by Gasteiger charge is -2.18. The Morgan fingerprint density at radius 1 is 0.958 bits per heavy atom. The molecule has 0 saturated heterocycles. The molecule has 0 saturated carbocycles. The summed E-state index contributed by atoms with van der Waals surface area (Å²) in [5, 5.41) is 1.23. The largest absolute Gasteiger partial charge is 0.673 e. The summed E-state index contributed by atoms with van der Waals surface area (Å²) in [6.45, 7) is 12.9. The molecule has 2 nitrogen and oxygen atoms in total. The van der Waals surface area contributed by atoms with Gasteiger partial charge in [-0.15, -0.1) is 0 Å². The minimum atomic E-state index is -6.00. The molecule has 134 valence electrons. The van der Waals surface area contributed by atoms with Gasteiger partial charge in [0.25, 0.3) is 0 Å². The Kier molecular flexibility index (Phi) is 6.63. The maximum atomic E-state index is 9.75. The first-order valence-corrected chi connectivity index (χ1v) is 7.95. The van der Waals surface area contributed by atoms with Crippen molar-refractivity contribution >= 4 is 7.25 Å². The number of rotatable bonds is 2. The maximum absolute atomic E-state index is 9.75. The number of fused-ring (bicyclic) bond motifs is 1. The van der Waals surface area contributed by atoms with Gasteiger partial charge in [-0.1, -0.05) is 20.8 Å². The monoisotopic (exact) mass is 345 g/mol. The molecule has 2 aliphatic rings. The van der Waals surface area contributed by atoms with E-state index in [0.29, 0.717) is 0 Å². The average Bonchev–Trinajstić information content (AvgIpc) is 2.45. The third kappa shape index (κ3) is 6.38. The summed E-state index contributed by atoms with van der Waals surface area (Å²) in [5.74, 6) is 1.99. The summed E-state index contributed by atoms with van der Waals surface area (Å²) in [7, 11) is -6.00. The zero-order chi connectivity index (χ0) is 18.5. The lowest BCUT2D eigenvalue weighted by atomic mass is 9.92. The number of hydrogen-bond acceptors (Lipinski definition) is 1. The Labute approximate surface area is 140 Å². The van der Waals surface area contributed by atoms with Gasteiger partial charge in [0.1, 0.15) is 24.6 Å². The van der Waals surface area contributed by atoms with E-state index in [1.807, 2.05) is 0 Å². The van der Waals surface area contributed by atoms with E-state index in [1.165, 1.54) is 5.36 Å². The van der Waals surface area contributed by atoms with E-state index in [4.69, 9.17) is 4.42 Å². The number of nitrogens with zero attached hydrogens (tertiary/aromatic N) is 1. The van der Waals surface area contributed by atoms with E-state index in [1.54, 1.807) is 0 Å². The highest BCUT2D eigenvalue weighted by Crippen LogP contribution is 2.28. The Morgan fingerprint density at radius 2 is 1.46 bits per heavy atom. The molecule has 0 N–H and O–H groups in total. The Balaban J connectivity index is 0.000000505. The quantitative estimate of drug-likeness (QED) is 0.434. The SMILES string of the molecule is CC[N+](CC)=c1ccc2ccc(C(C)(C)C)oc-2c1.F[B-](F)(F)F. The summed E-state index contributed by atoms with van der Waals surface area (Å²) in [6.07, 6.45) is 0. The smallest absolute Gasteiger partial charge is 0.460 e. The van der Waals surface area contributed by atoms with Crippen LogP contribution < -0.4 is 9.93 Å². The molecule has 1 heterocycles. The molecule has 0 atom stereocenters. The fraction of sp³-hybridized carbons (Fsp3) is 0.471. The second-order valence-electron chi connectivity index (χ2n) is 6.44. The van der Waals surface area contributed by atoms with Gasteiger partial charge in [-0.05, 0) is 32.0 Å². The van der Waals surface area contributed by atoms with Crippen molar-refractivity contribution in [1.29, 1.82) is 0 Å². The van der Waals surface area contributed by atoms with E-state index in [2.05, 4.69) is 69.5 Å². The van der Waals surface area contributed by atoms with Gasteiger partial charge in [0.2, 0.25) is 5.36 Å². The number of hydrogen-bond donors (Lipinski definition) is 0. The van der Waals surface area contributed by atoms with Gasteiger partial charge in [0.05, 0.1) is 6.07 Å². The van der Waals surface area contributed by atoms with Crippen LogP contribution in [-0.2, 0) is 5.41 Å². The second-order valence-corrected chi connectivity index (χ2v) is 6.44. The fourth-order valence-electron chi connectivity index (χ4n) is 2.26. The third-order valence-corrected chi connectivity index (χ3v) is 3.50. The van der Waals surface area contributed by atoms with Gasteiger partial charge in [-0.25, -0.2) is 4.58 Å². The van der Waals surface area contributed by atoms with Crippen molar-refractivity contribution in [1.82, 2.24) is 4.58 Å². The molecule has 0 unspecified atom stereocenters. The summed E-state index contributed by atoms with van der Waals surface area (Å²) in [5.41, 5.74) is 1.20. The molecule has 0 aromatic heterocycles. The van der Waals surface area contributed by atoms with Gasteiger partial charge in [-0.2, -0.15) is 0 Å². The van der Waals surface area contributed by atoms with Crippen molar-refractivity contribution in [2.24, 2.45) is 0 Å². The van der Waals surface area contributed by atoms with E-state index >= 15 is 0 Å². The Bertz CT molecular complexity index is 689. The minimum Gasteiger partial charge on any atom is -0.460 e. The standard InChI is InChI=1S/C17H24NO.BF4/c1-6-18(7-2)14-10-8-13-9-11-16(17(3,4)5)19-15(13)12-14;2-1(3,4)5/h8-12H,6-7H2,1-5H3;/q+1;-1. The highest BCUT2D eigenvalue weighted by molar-refractivity contribution is 6.50. The average molecular weight is 345 g/mol.